The van der Waals surface area contributed by atoms with Gasteiger partial charge in [-0.25, -0.2) is 0 Å². The summed E-state index contributed by atoms with van der Waals surface area (Å²) < 4.78 is 38.3. The SMILES string of the molecule is CC(=O)C1=CC(C(F)(F)F)=CNN1c1cccc(C(=N)N)c1. The van der Waals surface area contributed by atoms with Gasteiger partial charge >= 0.3 is 6.18 Å². The molecule has 2 rings (SSSR count). The maximum absolute atomic E-state index is 12.8. The van der Waals surface area contributed by atoms with Crippen molar-refractivity contribution >= 4 is 17.3 Å². The van der Waals surface area contributed by atoms with Gasteiger partial charge in [0.15, 0.2) is 5.78 Å². The molecule has 1 heterocycles. The topological polar surface area (TPSA) is 82.2 Å². The zero-order valence-electron chi connectivity index (χ0n) is 11.5. The Morgan fingerprint density at radius 3 is 2.59 bits per heavy atom. The van der Waals surface area contributed by atoms with Crippen LogP contribution in [0.15, 0.2) is 47.8 Å². The van der Waals surface area contributed by atoms with Crippen molar-refractivity contribution in [2.24, 2.45) is 5.73 Å². The van der Waals surface area contributed by atoms with Crippen LogP contribution in [0.5, 0.6) is 0 Å². The standard InChI is InChI=1S/C14H13F3N4O/c1-8(22)12-6-10(14(15,16)17)7-20-21(12)11-4-2-3-9(5-11)13(18)19/h2-7,20H,1H3,(H3,18,19). The number of hydrogen-bond acceptors (Lipinski definition) is 4. The molecule has 8 heteroatoms. The van der Waals surface area contributed by atoms with Crippen LogP contribution in [0.2, 0.25) is 0 Å². The molecular weight excluding hydrogens is 297 g/mol. The molecule has 1 aliphatic rings. The number of allylic oxidation sites excluding steroid dienone is 3. The summed E-state index contributed by atoms with van der Waals surface area (Å²) >= 11 is 0. The van der Waals surface area contributed by atoms with Gasteiger partial charge in [0.2, 0.25) is 0 Å². The fourth-order valence-electron chi connectivity index (χ4n) is 1.91. The first-order chi connectivity index (χ1) is 10.2. The van der Waals surface area contributed by atoms with E-state index in [1.807, 2.05) is 0 Å². The van der Waals surface area contributed by atoms with Crippen molar-refractivity contribution in [1.82, 2.24) is 5.43 Å². The summed E-state index contributed by atoms with van der Waals surface area (Å²) in [6, 6.07) is 6.26. The summed E-state index contributed by atoms with van der Waals surface area (Å²) in [4.78, 5) is 11.7. The number of carbonyl (C=O) groups is 1. The molecule has 4 N–H and O–H groups in total. The molecule has 5 nitrogen and oxygen atoms in total. The first-order valence-electron chi connectivity index (χ1n) is 6.21. The van der Waals surface area contributed by atoms with Crippen molar-refractivity contribution < 1.29 is 18.0 Å². The number of anilines is 1. The Bertz CT molecular complexity index is 692. The van der Waals surface area contributed by atoms with Crippen molar-refractivity contribution in [2.45, 2.75) is 13.1 Å². The zero-order chi connectivity index (χ0) is 16.5. The monoisotopic (exact) mass is 310 g/mol. The molecule has 0 unspecified atom stereocenters. The van der Waals surface area contributed by atoms with Crippen molar-refractivity contribution in [3.05, 3.63) is 53.4 Å². The lowest BCUT2D eigenvalue weighted by Crippen LogP contribution is -2.40. The van der Waals surface area contributed by atoms with Gasteiger partial charge in [-0.3, -0.25) is 15.2 Å². The zero-order valence-corrected chi connectivity index (χ0v) is 11.5. The summed E-state index contributed by atoms with van der Waals surface area (Å²) in [7, 11) is 0. The summed E-state index contributed by atoms with van der Waals surface area (Å²) in [5.74, 6) is -0.714. The quantitative estimate of drug-likeness (QED) is 0.590. The van der Waals surface area contributed by atoms with Crippen molar-refractivity contribution in [3.63, 3.8) is 0 Å². The lowest BCUT2D eigenvalue weighted by molar-refractivity contribution is -0.113. The Labute approximate surface area is 124 Å². The number of nitrogens with one attached hydrogen (secondary N) is 2. The molecule has 0 bridgehead atoms. The molecule has 116 valence electrons. The number of hydrogen-bond donors (Lipinski definition) is 3. The maximum Gasteiger partial charge on any atom is 0.417 e. The Hall–Kier alpha value is -2.77. The molecule has 0 fully saturated rings. The Morgan fingerprint density at radius 2 is 2.05 bits per heavy atom. The van der Waals surface area contributed by atoms with Crippen LogP contribution in [-0.2, 0) is 4.79 Å². The van der Waals surface area contributed by atoms with Crippen molar-refractivity contribution in [3.8, 4) is 0 Å². The van der Waals surface area contributed by atoms with Crippen molar-refractivity contribution in [1.29, 1.82) is 5.41 Å². The molecule has 0 atom stereocenters. The lowest BCUT2D eigenvalue weighted by atomic mass is 10.1. The number of hydrazine groups is 1. The van der Waals surface area contributed by atoms with Crippen LogP contribution in [-0.4, -0.2) is 17.8 Å². The molecule has 0 spiro atoms. The van der Waals surface area contributed by atoms with Crippen LogP contribution in [0.4, 0.5) is 18.9 Å². The molecule has 0 aromatic heterocycles. The van der Waals surface area contributed by atoms with Gasteiger partial charge in [0.1, 0.15) is 11.5 Å². The number of rotatable bonds is 3. The molecule has 1 aromatic rings. The molecule has 0 saturated carbocycles. The normalized spacial score (nSPS) is 14.8. The number of nitrogen functional groups attached to an aromatic ring is 1. The number of halogens is 3. The van der Waals surface area contributed by atoms with Gasteiger partial charge < -0.3 is 11.2 Å². The highest BCUT2D eigenvalue weighted by Gasteiger charge is 2.35. The molecule has 0 saturated heterocycles. The third-order valence-electron chi connectivity index (χ3n) is 2.99. The first-order valence-corrected chi connectivity index (χ1v) is 6.21. The molecule has 1 aromatic carbocycles. The average Bonchev–Trinajstić information content (AvgIpc) is 2.45. The van der Waals surface area contributed by atoms with E-state index in [4.69, 9.17) is 11.1 Å². The first kappa shape index (κ1) is 15.6. The van der Waals surface area contributed by atoms with E-state index in [9.17, 15) is 18.0 Å². The van der Waals surface area contributed by atoms with E-state index in [0.29, 0.717) is 11.3 Å². The number of carbonyl (C=O) groups excluding carboxylic acids is 1. The smallest absolute Gasteiger partial charge is 0.384 e. The van der Waals surface area contributed by atoms with E-state index >= 15 is 0 Å². The molecule has 22 heavy (non-hydrogen) atoms. The molecular formula is C14H13F3N4O. The Balaban J connectivity index is 2.43. The number of amidine groups is 1. The summed E-state index contributed by atoms with van der Waals surface area (Å²) in [5.41, 5.74) is 7.52. The highest BCUT2D eigenvalue weighted by molar-refractivity contribution is 5.99. The van der Waals surface area contributed by atoms with E-state index in [2.05, 4.69) is 5.43 Å². The highest BCUT2D eigenvalue weighted by Crippen LogP contribution is 2.31. The van der Waals surface area contributed by atoms with Crippen LogP contribution in [0, 0.1) is 5.41 Å². The van der Waals surface area contributed by atoms with Gasteiger partial charge in [-0.15, -0.1) is 0 Å². The average molecular weight is 310 g/mol. The molecule has 0 radical (unpaired) electrons. The van der Waals surface area contributed by atoms with Crippen LogP contribution in [0.1, 0.15) is 12.5 Å². The van der Waals surface area contributed by atoms with Gasteiger partial charge in [0.05, 0.1) is 11.3 Å². The Morgan fingerprint density at radius 1 is 1.36 bits per heavy atom. The molecule has 0 aliphatic carbocycles. The number of nitrogens with zero attached hydrogens (tertiary/aromatic N) is 1. The van der Waals surface area contributed by atoms with Crippen LogP contribution < -0.4 is 16.2 Å². The van der Waals surface area contributed by atoms with E-state index in [0.717, 1.165) is 12.3 Å². The second-order valence-electron chi connectivity index (χ2n) is 4.61. The third kappa shape index (κ3) is 3.11. The number of ketones is 1. The van der Waals surface area contributed by atoms with E-state index in [1.54, 1.807) is 18.2 Å². The van der Waals surface area contributed by atoms with E-state index < -0.39 is 17.5 Å². The minimum atomic E-state index is -4.55. The largest absolute Gasteiger partial charge is 0.417 e. The fraction of sp³-hybridized carbons (Fsp3) is 0.143. The van der Waals surface area contributed by atoms with Gasteiger partial charge in [-0.1, -0.05) is 12.1 Å². The summed E-state index contributed by atoms with van der Waals surface area (Å²) in [6.45, 7) is 1.18. The predicted octanol–water partition coefficient (Wildman–Crippen LogP) is 2.21. The van der Waals surface area contributed by atoms with E-state index in [1.165, 1.54) is 18.0 Å². The van der Waals surface area contributed by atoms with Crippen LogP contribution >= 0.6 is 0 Å². The molecule has 0 amide bonds. The van der Waals surface area contributed by atoms with Crippen LogP contribution in [0.25, 0.3) is 0 Å². The van der Waals surface area contributed by atoms with Gasteiger partial charge in [-0.05, 0) is 18.2 Å². The number of alkyl halides is 3. The number of nitrogens with two attached hydrogens (primary N) is 1. The third-order valence-corrected chi connectivity index (χ3v) is 2.99. The minimum Gasteiger partial charge on any atom is -0.384 e. The minimum absolute atomic E-state index is 0.157. The maximum atomic E-state index is 12.8. The van der Waals surface area contributed by atoms with Crippen molar-refractivity contribution in [2.75, 3.05) is 5.01 Å². The van der Waals surface area contributed by atoms with Gasteiger partial charge in [-0.2, -0.15) is 13.2 Å². The predicted molar refractivity (Wildman–Crippen MR) is 76.0 cm³/mol. The number of Topliss-reactive ketones (excluding diaryl/α,β-unsaturated/α-hetero) is 1. The van der Waals surface area contributed by atoms with Gasteiger partial charge in [0.25, 0.3) is 0 Å². The molecule has 1 aliphatic heterocycles. The Kier molecular flexibility index (Phi) is 3.94. The van der Waals surface area contributed by atoms with Crippen LogP contribution in [0.3, 0.4) is 0 Å². The summed E-state index contributed by atoms with van der Waals surface area (Å²) in [5, 5.41) is 8.60. The second-order valence-corrected chi connectivity index (χ2v) is 4.61. The summed E-state index contributed by atoms with van der Waals surface area (Å²) in [6.07, 6.45) is -3.01. The lowest BCUT2D eigenvalue weighted by Gasteiger charge is -2.30. The fourth-order valence-corrected chi connectivity index (χ4v) is 1.91. The van der Waals surface area contributed by atoms with Gasteiger partial charge in [0, 0.05) is 18.7 Å². The highest BCUT2D eigenvalue weighted by atomic mass is 19.4. The van der Waals surface area contributed by atoms with E-state index in [-0.39, 0.29) is 11.5 Å². The number of benzene rings is 1. The second kappa shape index (κ2) is 5.55.